The maximum atomic E-state index is 8.01. The molecule has 0 spiro atoms. The third kappa shape index (κ3) is 6.01. The molecule has 1 atom stereocenters. The van der Waals surface area contributed by atoms with Crippen molar-refractivity contribution in [1.29, 1.82) is 0 Å². The summed E-state index contributed by atoms with van der Waals surface area (Å²) in [6.07, 6.45) is 4.47. The summed E-state index contributed by atoms with van der Waals surface area (Å²) < 4.78 is 0. The minimum atomic E-state index is -0.00319. The van der Waals surface area contributed by atoms with Gasteiger partial charge in [-0.25, -0.2) is 4.89 Å². The predicted octanol–water partition coefficient (Wildman–Crippen LogP) is 1.38. The van der Waals surface area contributed by atoms with Gasteiger partial charge in [-0.2, -0.15) is 0 Å². The van der Waals surface area contributed by atoms with Gasteiger partial charge in [-0.3, -0.25) is 5.26 Å². The molecule has 0 heterocycles. The van der Waals surface area contributed by atoms with Crippen LogP contribution >= 0.6 is 0 Å². The molecule has 0 saturated carbocycles. The first-order chi connectivity index (χ1) is 4.81. The lowest BCUT2D eigenvalue weighted by Crippen LogP contribution is -2.25. The molecule has 0 aromatic rings. The Morgan fingerprint density at radius 3 is 2.70 bits per heavy atom. The number of nitrogens with two attached hydrogens (primary N) is 1. The molecule has 3 heteroatoms. The zero-order valence-corrected chi connectivity index (χ0v) is 6.55. The lowest BCUT2D eigenvalue weighted by molar-refractivity contribution is -0.245. The van der Waals surface area contributed by atoms with Crippen LogP contribution in [0.25, 0.3) is 0 Å². The first kappa shape index (κ1) is 9.88. The Bertz CT molecular complexity index is 68.6. The van der Waals surface area contributed by atoms with Crippen LogP contribution in [0.5, 0.6) is 0 Å². The van der Waals surface area contributed by atoms with Crippen molar-refractivity contribution in [2.75, 3.05) is 6.61 Å². The molecule has 0 aromatic carbocycles. The number of rotatable bonds is 6. The molecule has 3 N–H and O–H groups in total. The van der Waals surface area contributed by atoms with Crippen LogP contribution in [-0.2, 0) is 4.89 Å². The number of hydrogen-bond acceptors (Lipinski definition) is 3. The lowest BCUT2D eigenvalue weighted by Gasteiger charge is -2.07. The molecule has 0 aromatic heterocycles. The van der Waals surface area contributed by atoms with Crippen LogP contribution in [0.3, 0.4) is 0 Å². The largest absolute Gasteiger partial charge is 0.326 e. The minimum Gasteiger partial charge on any atom is -0.326 e. The van der Waals surface area contributed by atoms with Crippen molar-refractivity contribution in [2.24, 2.45) is 5.73 Å². The summed E-state index contributed by atoms with van der Waals surface area (Å²) in [5.41, 5.74) is 5.54. The van der Waals surface area contributed by atoms with Gasteiger partial charge in [-0.15, -0.1) is 0 Å². The van der Waals surface area contributed by atoms with E-state index < -0.39 is 0 Å². The SMILES string of the molecule is CCCCCC(N)COO. The highest BCUT2D eigenvalue weighted by Crippen LogP contribution is 2.01. The van der Waals surface area contributed by atoms with Crippen molar-refractivity contribution in [3.8, 4) is 0 Å². The number of unbranched alkanes of at least 4 members (excludes halogenated alkanes) is 2. The van der Waals surface area contributed by atoms with E-state index in [9.17, 15) is 0 Å². The molecule has 0 bridgehead atoms. The molecule has 0 fully saturated rings. The maximum Gasteiger partial charge on any atom is 0.0970 e. The highest BCUT2D eigenvalue weighted by atomic mass is 17.1. The van der Waals surface area contributed by atoms with Crippen LogP contribution in [0.15, 0.2) is 0 Å². The molecule has 3 nitrogen and oxygen atoms in total. The Labute approximate surface area is 62.1 Å². The highest BCUT2D eigenvalue weighted by molar-refractivity contribution is 4.58. The zero-order chi connectivity index (χ0) is 7.82. The van der Waals surface area contributed by atoms with Crippen LogP contribution in [0.4, 0.5) is 0 Å². The van der Waals surface area contributed by atoms with Gasteiger partial charge >= 0.3 is 0 Å². The van der Waals surface area contributed by atoms with Gasteiger partial charge in [0.25, 0.3) is 0 Å². The van der Waals surface area contributed by atoms with Crippen LogP contribution < -0.4 is 5.73 Å². The van der Waals surface area contributed by atoms with Crippen LogP contribution in [0.2, 0.25) is 0 Å². The summed E-state index contributed by atoms with van der Waals surface area (Å²) >= 11 is 0. The molecule has 0 saturated heterocycles. The van der Waals surface area contributed by atoms with E-state index in [4.69, 9.17) is 11.0 Å². The van der Waals surface area contributed by atoms with E-state index in [1.54, 1.807) is 0 Å². The molecular formula is C7H17NO2. The Morgan fingerprint density at radius 2 is 2.20 bits per heavy atom. The average molecular weight is 147 g/mol. The molecule has 0 aliphatic heterocycles. The normalized spacial score (nSPS) is 13.5. The summed E-state index contributed by atoms with van der Waals surface area (Å²) in [7, 11) is 0. The van der Waals surface area contributed by atoms with Gasteiger partial charge in [0.05, 0.1) is 6.61 Å². The summed E-state index contributed by atoms with van der Waals surface area (Å²) in [6.45, 7) is 2.40. The van der Waals surface area contributed by atoms with E-state index in [1.165, 1.54) is 12.8 Å². The first-order valence-corrected chi connectivity index (χ1v) is 3.83. The van der Waals surface area contributed by atoms with Crippen molar-refractivity contribution in [2.45, 2.75) is 38.6 Å². The summed E-state index contributed by atoms with van der Waals surface area (Å²) in [5.74, 6) is 0. The molecule has 0 rings (SSSR count). The molecule has 62 valence electrons. The molecule has 10 heavy (non-hydrogen) atoms. The summed E-state index contributed by atoms with van der Waals surface area (Å²) in [4.78, 5) is 3.91. The average Bonchev–Trinajstić information content (AvgIpc) is 1.89. The number of hydrogen-bond donors (Lipinski definition) is 2. The fourth-order valence-corrected chi connectivity index (χ4v) is 0.836. The van der Waals surface area contributed by atoms with Crippen LogP contribution in [0.1, 0.15) is 32.6 Å². The van der Waals surface area contributed by atoms with Gasteiger partial charge in [0.2, 0.25) is 0 Å². The van der Waals surface area contributed by atoms with E-state index in [2.05, 4.69) is 11.8 Å². The Balaban J connectivity index is 2.97. The Kier molecular flexibility index (Phi) is 6.91. The van der Waals surface area contributed by atoms with Gasteiger partial charge in [0.15, 0.2) is 0 Å². The molecular weight excluding hydrogens is 130 g/mol. The molecule has 0 aliphatic rings. The fraction of sp³-hybridized carbons (Fsp3) is 1.00. The van der Waals surface area contributed by atoms with Gasteiger partial charge in [0.1, 0.15) is 0 Å². The second-order valence-electron chi connectivity index (χ2n) is 2.55. The topological polar surface area (TPSA) is 55.5 Å². The van der Waals surface area contributed by atoms with Gasteiger partial charge < -0.3 is 5.73 Å². The zero-order valence-electron chi connectivity index (χ0n) is 6.55. The second kappa shape index (κ2) is 6.99. The van der Waals surface area contributed by atoms with E-state index in [1.807, 2.05) is 0 Å². The third-order valence-corrected chi connectivity index (χ3v) is 1.47. The summed E-state index contributed by atoms with van der Waals surface area (Å²) in [5, 5.41) is 8.01. The van der Waals surface area contributed by atoms with Gasteiger partial charge in [0, 0.05) is 6.04 Å². The van der Waals surface area contributed by atoms with Crippen molar-refractivity contribution >= 4 is 0 Å². The van der Waals surface area contributed by atoms with Crippen LogP contribution in [0, 0.1) is 0 Å². The maximum absolute atomic E-state index is 8.01. The minimum absolute atomic E-state index is 0.00319. The smallest absolute Gasteiger partial charge is 0.0970 e. The predicted molar refractivity (Wildman–Crippen MR) is 40.7 cm³/mol. The van der Waals surface area contributed by atoms with Crippen molar-refractivity contribution in [3.05, 3.63) is 0 Å². The highest BCUT2D eigenvalue weighted by Gasteiger charge is 2.00. The Morgan fingerprint density at radius 1 is 1.50 bits per heavy atom. The first-order valence-electron chi connectivity index (χ1n) is 3.83. The quantitative estimate of drug-likeness (QED) is 0.339. The fourth-order valence-electron chi connectivity index (χ4n) is 0.836. The van der Waals surface area contributed by atoms with E-state index in [-0.39, 0.29) is 12.6 Å². The second-order valence-corrected chi connectivity index (χ2v) is 2.55. The monoisotopic (exact) mass is 147 g/mol. The van der Waals surface area contributed by atoms with Crippen molar-refractivity contribution < 1.29 is 10.1 Å². The van der Waals surface area contributed by atoms with E-state index in [0.29, 0.717) is 0 Å². The lowest BCUT2D eigenvalue weighted by atomic mass is 10.1. The Hall–Kier alpha value is -0.120. The summed E-state index contributed by atoms with van der Waals surface area (Å²) in [6, 6.07) is -0.00319. The van der Waals surface area contributed by atoms with Gasteiger partial charge in [-0.05, 0) is 6.42 Å². The molecule has 0 radical (unpaired) electrons. The van der Waals surface area contributed by atoms with Crippen molar-refractivity contribution in [3.63, 3.8) is 0 Å². The van der Waals surface area contributed by atoms with E-state index >= 15 is 0 Å². The third-order valence-electron chi connectivity index (χ3n) is 1.47. The van der Waals surface area contributed by atoms with Gasteiger partial charge in [-0.1, -0.05) is 26.2 Å². The van der Waals surface area contributed by atoms with E-state index in [0.717, 1.165) is 12.8 Å². The standard InChI is InChI=1S/C7H17NO2/c1-2-3-4-5-7(8)6-10-9/h7,9H,2-6,8H2,1H3. The molecule has 0 amide bonds. The van der Waals surface area contributed by atoms with Crippen molar-refractivity contribution in [1.82, 2.24) is 0 Å². The molecule has 0 aliphatic carbocycles. The van der Waals surface area contributed by atoms with Crippen LogP contribution in [-0.4, -0.2) is 17.9 Å². The molecule has 1 unspecified atom stereocenters.